The number of halogens is 2. The first-order valence-corrected chi connectivity index (χ1v) is 20.5. The third-order valence-corrected chi connectivity index (χ3v) is 12.4. The Kier molecular flexibility index (Phi) is 11.6. The highest BCUT2D eigenvalue weighted by Gasteiger charge is 2.40. The summed E-state index contributed by atoms with van der Waals surface area (Å²) in [6.45, 7) is 0.796. The second kappa shape index (κ2) is 17.2. The van der Waals surface area contributed by atoms with E-state index in [2.05, 4.69) is 16.3 Å². The lowest BCUT2D eigenvalue weighted by molar-refractivity contribution is -0.143. The summed E-state index contributed by atoms with van der Waals surface area (Å²) in [7, 11) is 1.73. The third-order valence-electron chi connectivity index (χ3n) is 11.6. The van der Waals surface area contributed by atoms with Crippen LogP contribution in [-0.2, 0) is 40.4 Å². The van der Waals surface area contributed by atoms with Gasteiger partial charge in [0.2, 0.25) is 12.0 Å². The number of benzene rings is 5. The molecule has 1 unspecified atom stereocenters. The van der Waals surface area contributed by atoms with Crippen LogP contribution in [-0.4, -0.2) is 53.0 Å². The molecule has 59 heavy (non-hydrogen) atoms. The number of carboxylic acid groups (broad SMARTS) is 1. The Labute approximate surface area is 352 Å². The summed E-state index contributed by atoms with van der Waals surface area (Å²) in [4.78, 5) is 44.4. The van der Waals surface area contributed by atoms with E-state index in [-0.39, 0.29) is 24.3 Å². The maximum atomic E-state index is 14.2. The maximum Gasteiger partial charge on any atom is 0.326 e. The van der Waals surface area contributed by atoms with Crippen LogP contribution < -0.4 is 19.7 Å². The van der Waals surface area contributed by atoms with E-state index in [0.717, 1.165) is 59.1 Å². The van der Waals surface area contributed by atoms with E-state index in [1.54, 1.807) is 48.3 Å². The fourth-order valence-electron chi connectivity index (χ4n) is 8.33. The lowest BCUT2D eigenvalue weighted by Crippen LogP contribution is -2.56. The van der Waals surface area contributed by atoms with Crippen molar-refractivity contribution in [2.24, 2.45) is 0 Å². The molecule has 2 amide bonds. The van der Waals surface area contributed by atoms with Crippen molar-refractivity contribution in [3.05, 3.63) is 147 Å². The molecule has 3 aliphatic rings. The topological polar surface area (TPSA) is 132 Å². The van der Waals surface area contributed by atoms with Gasteiger partial charge in [0, 0.05) is 31.6 Å². The van der Waals surface area contributed by atoms with E-state index in [1.807, 2.05) is 66.7 Å². The molecule has 2 N–H and O–H groups in total. The van der Waals surface area contributed by atoms with E-state index in [9.17, 15) is 19.5 Å². The minimum Gasteiger partial charge on any atom is -0.489 e. The summed E-state index contributed by atoms with van der Waals surface area (Å²) >= 11 is 12.2. The summed E-state index contributed by atoms with van der Waals surface area (Å²) in [6.07, 6.45) is 3.69. The lowest BCUT2D eigenvalue weighted by Gasteiger charge is -2.41. The zero-order valence-electron chi connectivity index (χ0n) is 32.4. The van der Waals surface area contributed by atoms with Crippen molar-refractivity contribution < 1.29 is 29.0 Å². The first-order valence-electron chi connectivity index (χ1n) is 19.7. The zero-order chi connectivity index (χ0) is 41.2. The first-order chi connectivity index (χ1) is 28.5. The smallest absolute Gasteiger partial charge is 0.326 e. The average Bonchev–Trinajstić information content (AvgIpc) is 3.80. The van der Waals surface area contributed by atoms with E-state index in [0.29, 0.717) is 57.9 Å². The molecule has 5 aromatic rings. The number of carbonyl (C=O) groups excluding carboxylic acids is 2. The Morgan fingerprint density at radius 3 is 2.24 bits per heavy atom. The number of rotatable bonds is 11. The fourth-order valence-corrected chi connectivity index (χ4v) is 8.66. The Balaban J connectivity index is 0.971. The molecule has 0 bridgehead atoms. The number of likely N-dealkylation sites (N-methyl/N-ethyl adjacent to an activating group) is 1. The number of nitriles is 1. The Hall–Kier alpha value is -5.86. The van der Waals surface area contributed by atoms with Gasteiger partial charge in [-0.05, 0) is 101 Å². The van der Waals surface area contributed by atoms with Gasteiger partial charge in [0.25, 0.3) is 5.91 Å². The fraction of sp³-hybridized carbons (Fsp3) is 0.277. The van der Waals surface area contributed by atoms with Gasteiger partial charge in [-0.15, -0.1) is 0 Å². The summed E-state index contributed by atoms with van der Waals surface area (Å²) in [5.74, 6) is -0.451. The minimum atomic E-state index is -1.13. The molecule has 10 nitrogen and oxygen atoms in total. The molecule has 0 aromatic heterocycles. The SMILES string of the molecule is CN1C(=O)[C@H](c2ccc(OCc3ccc(Cl)c(Cl)c3)cc2)Oc2cc3c(cc21)CC(C(=O)N[C@@H](Cc1ccc(-c2ccc(C#N)cc2)cc1)C(=O)O)N(C1CCCC1)C3. The third kappa shape index (κ3) is 8.64. The van der Waals surface area contributed by atoms with Crippen LogP contribution in [0.5, 0.6) is 11.5 Å². The number of hydrogen-bond donors (Lipinski definition) is 2. The standard InChI is InChI=1S/C47H42Cl2N4O6/c1-52-41-22-34-23-42(45(54)51-40(47(56)57)21-28-6-11-31(12-7-28)32-13-8-29(25-50)9-14-32)53(36-4-2-3-5-36)26-35(34)24-43(41)59-44(46(52)55)33-15-17-37(18-16-33)58-27-30-10-19-38(48)39(49)20-30/h6-20,22,24,36,40,42,44H,2-5,21,23,26-27H2,1H3,(H,51,54)(H,56,57)/t40-,42?,44-/m0/s1. The van der Waals surface area contributed by atoms with E-state index in [1.165, 1.54) is 0 Å². The van der Waals surface area contributed by atoms with E-state index >= 15 is 0 Å². The van der Waals surface area contributed by atoms with Crippen molar-refractivity contribution in [1.82, 2.24) is 10.2 Å². The van der Waals surface area contributed by atoms with E-state index in [4.69, 9.17) is 37.9 Å². The predicted octanol–water partition coefficient (Wildman–Crippen LogP) is 8.69. The van der Waals surface area contributed by atoms with Gasteiger partial charge in [-0.2, -0.15) is 5.26 Å². The number of nitrogens with zero attached hydrogens (tertiary/aromatic N) is 3. The predicted molar refractivity (Wildman–Crippen MR) is 226 cm³/mol. The molecule has 0 saturated heterocycles. The van der Waals surface area contributed by atoms with Gasteiger partial charge in [0.15, 0.2) is 0 Å². The van der Waals surface area contributed by atoms with Crippen LogP contribution >= 0.6 is 23.2 Å². The van der Waals surface area contributed by atoms with Crippen molar-refractivity contribution in [3.8, 4) is 28.7 Å². The van der Waals surface area contributed by atoms with Crippen molar-refractivity contribution in [2.75, 3.05) is 11.9 Å². The lowest BCUT2D eigenvalue weighted by atomic mass is 9.90. The van der Waals surface area contributed by atoms with Crippen LogP contribution in [0.3, 0.4) is 0 Å². The number of nitrogens with one attached hydrogen (secondary N) is 1. The van der Waals surface area contributed by atoms with E-state index < -0.39 is 24.2 Å². The number of fused-ring (bicyclic) bond motifs is 2. The molecule has 2 aliphatic heterocycles. The van der Waals surface area contributed by atoms with Gasteiger partial charge >= 0.3 is 5.97 Å². The average molecular weight is 830 g/mol. The molecule has 1 aliphatic carbocycles. The molecule has 1 fully saturated rings. The van der Waals surface area contributed by atoms with Crippen molar-refractivity contribution in [1.29, 1.82) is 5.26 Å². The van der Waals surface area contributed by atoms with Gasteiger partial charge in [0.05, 0.1) is 33.4 Å². The molecular weight excluding hydrogens is 787 g/mol. The number of carbonyl (C=O) groups is 3. The Morgan fingerprint density at radius 2 is 1.58 bits per heavy atom. The quantitative estimate of drug-likeness (QED) is 0.135. The van der Waals surface area contributed by atoms with Crippen molar-refractivity contribution >= 4 is 46.7 Å². The van der Waals surface area contributed by atoms with Gasteiger partial charge in [-0.3, -0.25) is 14.5 Å². The number of ether oxygens (including phenoxy) is 2. The summed E-state index contributed by atoms with van der Waals surface area (Å²) < 4.78 is 12.4. The second-order valence-corrected chi connectivity index (χ2v) is 16.2. The van der Waals surface area contributed by atoms with Crippen LogP contribution in [0.1, 0.15) is 65.2 Å². The molecule has 3 atom stereocenters. The Bertz CT molecular complexity index is 2430. The van der Waals surface area contributed by atoms with Crippen LogP contribution in [0.25, 0.3) is 11.1 Å². The van der Waals surface area contributed by atoms with Crippen LogP contribution in [0.15, 0.2) is 103 Å². The molecule has 300 valence electrons. The molecule has 5 aromatic carbocycles. The van der Waals surface area contributed by atoms with Crippen LogP contribution in [0.2, 0.25) is 10.0 Å². The molecule has 8 rings (SSSR count). The highest BCUT2D eigenvalue weighted by Crippen LogP contribution is 2.43. The number of anilines is 1. The summed E-state index contributed by atoms with van der Waals surface area (Å²) in [5, 5.41) is 23.2. The molecule has 1 saturated carbocycles. The second-order valence-electron chi connectivity index (χ2n) is 15.4. The van der Waals surface area contributed by atoms with Crippen molar-refractivity contribution in [3.63, 3.8) is 0 Å². The molecule has 0 spiro atoms. The summed E-state index contributed by atoms with van der Waals surface area (Å²) in [6, 6.07) is 32.0. The largest absolute Gasteiger partial charge is 0.489 e. The molecule has 2 heterocycles. The van der Waals surface area contributed by atoms with Gasteiger partial charge in [0.1, 0.15) is 24.1 Å². The van der Waals surface area contributed by atoms with Crippen LogP contribution in [0, 0.1) is 11.3 Å². The first kappa shape index (κ1) is 39.9. The maximum absolute atomic E-state index is 14.2. The molecule has 0 radical (unpaired) electrons. The number of amides is 2. The monoisotopic (exact) mass is 828 g/mol. The minimum absolute atomic E-state index is 0.120. The zero-order valence-corrected chi connectivity index (χ0v) is 33.9. The number of hydrogen-bond acceptors (Lipinski definition) is 7. The van der Waals surface area contributed by atoms with Gasteiger partial charge in [-0.25, -0.2) is 4.79 Å². The molecule has 12 heteroatoms. The number of aliphatic carboxylic acids is 1. The number of carboxylic acids is 1. The van der Waals surface area contributed by atoms with Gasteiger partial charge in [-0.1, -0.05) is 90.6 Å². The normalized spacial score (nSPS) is 18.3. The Morgan fingerprint density at radius 1 is 0.898 bits per heavy atom. The molecular formula is C47H42Cl2N4O6. The van der Waals surface area contributed by atoms with Crippen LogP contribution in [0.4, 0.5) is 5.69 Å². The van der Waals surface area contributed by atoms with Crippen molar-refractivity contribution in [2.45, 2.75) is 75.9 Å². The highest BCUT2D eigenvalue weighted by molar-refractivity contribution is 6.42. The summed E-state index contributed by atoms with van der Waals surface area (Å²) in [5.41, 5.74) is 7.36. The highest BCUT2D eigenvalue weighted by atomic mass is 35.5. The van der Waals surface area contributed by atoms with Gasteiger partial charge < -0.3 is 24.8 Å².